The lowest BCUT2D eigenvalue weighted by Crippen LogP contribution is -2.50. The second-order valence-corrected chi connectivity index (χ2v) is 5.51. The van der Waals surface area contributed by atoms with Crippen molar-refractivity contribution in [3.63, 3.8) is 0 Å². The Kier molecular flexibility index (Phi) is 3.55. The molecule has 1 atom stereocenters. The number of carbonyl (C=O) groups is 1. The predicted octanol–water partition coefficient (Wildman–Crippen LogP) is 3.42. The molecule has 20 heavy (non-hydrogen) atoms. The SMILES string of the molecule is O=C1CCCC(Cc2ccccc2)(c2ccccc2)N1. The molecule has 2 heteroatoms. The van der Waals surface area contributed by atoms with Gasteiger partial charge < -0.3 is 5.32 Å². The number of hydrogen-bond donors (Lipinski definition) is 1. The second kappa shape index (κ2) is 5.49. The Bertz CT molecular complexity index is 579. The van der Waals surface area contributed by atoms with Gasteiger partial charge in [0.25, 0.3) is 0 Å². The predicted molar refractivity (Wildman–Crippen MR) is 80.3 cm³/mol. The molecule has 0 saturated carbocycles. The highest BCUT2D eigenvalue weighted by atomic mass is 16.1. The zero-order valence-corrected chi connectivity index (χ0v) is 11.5. The lowest BCUT2D eigenvalue weighted by Gasteiger charge is -2.39. The van der Waals surface area contributed by atoms with Gasteiger partial charge in [-0.3, -0.25) is 4.79 Å². The van der Waals surface area contributed by atoms with E-state index in [1.807, 2.05) is 24.3 Å². The normalized spacial score (nSPS) is 22.3. The van der Waals surface area contributed by atoms with Crippen molar-refractivity contribution in [1.82, 2.24) is 5.32 Å². The molecule has 1 heterocycles. The van der Waals surface area contributed by atoms with E-state index in [0.29, 0.717) is 6.42 Å². The van der Waals surface area contributed by atoms with Crippen LogP contribution in [-0.2, 0) is 16.8 Å². The van der Waals surface area contributed by atoms with Crippen molar-refractivity contribution in [2.24, 2.45) is 0 Å². The highest BCUT2D eigenvalue weighted by Gasteiger charge is 2.36. The zero-order chi connectivity index (χ0) is 13.8. The van der Waals surface area contributed by atoms with E-state index in [-0.39, 0.29) is 11.4 Å². The lowest BCUT2D eigenvalue weighted by molar-refractivity contribution is -0.125. The van der Waals surface area contributed by atoms with E-state index in [0.717, 1.165) is 19.3 Å². The Morgan fingerprint density at radius 1 is 0.950 bits per heavy atom. The highest BCUT2D eigenvalue weighted by molar-refractivity contribution is 5.78. The molecule has 2 aromatic carbocycles. The molecule has 2 aromatic rings. The first-order valence-electron chi connectivity index (χ1n) is 7.19. The standard InChI is InChI=1S/C18H19NO/c20-17-12-7-13-18(19-17,16-10-5-2-6-11-16)14-15-8-3-1-4-9-15/h1-6,8-11H,7,12-14H2,(H,19,20). The molecule has 1 saturated heterocycles. The maximum absolute atomic E-state index is 11.9. The minimum atomic E-state index is -0.252. The van der Waals surface area contributed by atoms with E-state index in [1.54, 1.807) is 0 Å². The molecule has 1 aliphatic rings. The fourth-order valence-electron chi connectivity index (χ4n) is 3.10. The molecule has 0 radical (unpaired) electrons. The average molecular weight is 265 g/mol. The first kappa shape index (κ1) is 12.9. The van der Waals surface area contributed by atoms with Gasteiger partial charge in [0.05, 0.1) is 5.54 Å². The second-order valence-electron chi connectivity index (χ2n) is 5.51. The Balaban J connectivity index is 1.97. The van der Waals surface area contributed by atoms with Crippen molar-refractivity contribution in [3.8, 4) is 0 Å². The van der Waals surface area contributed by atoms with Gasteiger partial charge in [0, 0.05) is 6.42 Å². The number of benzene rings is 2. The van der Waals surface area contributed by atoms with E-state index in [2.05, 4.69) is 41.7 Å². The molecule has 0 bridgehead atoms. The summed E-state index contributed by atoms with van der Waals surface area (Å²) in [5.74, 6) is 0.163. The number of carbonyl (C=O) groups excluding carboxylic acids is 1. The van der Waals surface area contributed by atoms with Crippen LogP contribution in [0.3, 0.4) is 0 Å². The molecular weight excluding hydrogens is 246 g/mol. The summed E-state index contributed by atoms with van der Waals surface area (Å²) in [7, 11) is 0. The summed E-state index contributed by atoms with van der Waals surface area (Å²) in [6.07, 6.45) is 3.44. The molecule has 0 spiro atoms. The van der Waals surface area contributed by atoms with E-state index in [9.17, 15) is 4.79 Å². The van der Waals surface area contributed by atoms with Gasteiger partial charge >= 0.3 is 0 Å². The highest BCUT2D eigenvalue weighted by Crippen LogP contribution is 2.34. The van der Waals surface area contributed by atoms with E-state index >= 15 is 0 Å². The van der Waals surface area contributed by atoms with Crippen LogP contribution in [-0.4, -0.2) is 5.91 Å². The molecule has 0 aliphatic carbocycles. The lowest BCUT2D eigenvalue weighted by atomic mass is 9.77. The van der Waals surface area contributed by atoms with Gasteiger partial charge in [-0.15, -0.1) is 0 Å². The van der Waals surface area contributed by atoms with E-state index < -0.39 is 0 Å². The fraction of sp³-hybridized carbons (Fsp3) is 0.278. The van der Waals surface area contributed by atoms with Gasteiger partial charge in [-0.25, -0.2) is 0 Å². The van der Waals surface area contributed by atoms with Crippen molar-refractivity contribution in [1.29, 1.82) is 0 Å². The van der Waals surface area contributed by atoms with Gasteiger partial charge in [0.1, 0.15) is 0 Å². The van der Waals surface area contributed by atoms with Crippen LogP contribution in [0.4, 0.5) is 0 Å². The summed E-state index contributed by atoms with van der Waals surface area (Å²) < 4.78 is 0. The summed E-state index contributed by atoms with van der Waals surface area (Å²) >= 11 is 0. The molecule has 3 rings (SSSR count). The Hall–Kier alpha value is -2.09. The smallest absolute Gasteiger partial charge is 0.220 e. The molecule has 1 aliphatic heterocycles. The van der Waals surface area contributed by atoms with Gasteiger partial charge in [0.2, 0.25) is 5.91 Å². The summed E-state index contributed by atoms with van der Waals surface area (Å²) in [5.41, 5.74) is 2.22. The third-order valence-corrected chi connectivity index (χ3v) is 4.06. The molecule has 1 N–H and O–H groups in total. The largest absolute Gasteiger partial charge is 0.346 e. The molecule has 1 fully saturated rings. The van der Waals surface area contributed by atoms with E-state index in [4.69, 9.17) is 0 Å². The van der Waals surface area contributed by atoms with E-state index in [1.165, 1.54) is 11.1 Å². The molecule has 0 aromatic heterocycles. The molecular formula is C18H19NO. The van der Waals surface area contributed by atoms with Crippen LogP contribution >= 0.6 is 0 Å². The minimum Gasteiger partial charge on any atom is -0.346 e. The number of piperidine rings is 1. The van der Waals surface area contributed by atoms with Crippen LogP contribution in [0.2, 0.25) is 0 Å². The first-order chi connectivity index (χ1) is 9.78. The average Bonchev–Trinajstić information content (AvgIpc) is 2.49. The number of nitrogens with one attached hydrogen (secondary N) is 1. The maximum Gasteiger partial charge on any atom is 0.220 e. The Morgan fingerprint density at radius 3 is 2.25 bits per heavy atom. The molecule has 1 unspecified atom stereocenters. The van der Waals surface area contributed by atoms with Crippen LogP contribution in [0.5, 0.6) is 0 Å². The summed E-state index contributed by atoms with van der Waals surface area (Å²) in [4.78, 5) is 11.9. The Morgan fingerprint density at radius 2 is 1.60 bits per heavy atom. The van der Waals surface area contributed by atoms with Crippen LogP contribution in [0.15, 0.2) is 60.7 Å². The topological polar surface area (TPSA) is 29.1 Å². The number of hydrogen-bond acceptors (Lipinski definition) is 1. The van der Waals surface area contributed by atoms with Crippen molar-refractivity contribution >= 4 is 5.91 Å². The summed E-state index contributed by atoms with van der Waals surface area (Å²) in [6.45, 7) is 0. The van der Waals surface area contributed by atoms with Gasteiger partial charge in [-0.2, -0.15) is 0 Å². The zero-order valence-electron chi connectivity index (χ0n) is 11.5. The fourth-order valence-corrected chi connectivity index (χ4v) is 3.10. The van der Waals surface area contributed by atoms with Gasteiger partial charge in [-0.05, 0) is 30.4 Å². The number of rotatable bonds is 3. The summed E-state index contributed by atoms with van der Waals surface area (Å²) in [6, 6.07) is 20.7. The molecule has 2 nitrogen and oxygen atoms in total. The van der Waals surface area contributed by atoms with Crippen LogP contribution < -0.4 is 5.32 Å². The third kappa shape index (κ3) is 2.60. The third-order valence-electron chi connectivity index (χ3n) is 4.06. The minimum absolute atomic E-state index is 0.163. The van der Waals surface area contributed by atoms with Crippen LogP contribution in [0, 0.1) is 0 Å². The monoisotopic (exact) mass is 265 g/mol. The van der Waals surface area contributed by atoms with Crippen LogP contribution in [0.25, 0.3) is 0 Å². The quantitative estimate of drug-likeness (QED) is 0.905. The van der Waals surface area contributed by atoms with Crippen molar-refractivity contribution < 1.29 is 4.79 Å². The molecule has 1 amide bonds. The summed E-state index contributed by atoms with van der Waals surface area (Å²) in [5, 5.41) is 3.26. The van der Waals surface area contributed by atoms with Crippen molar-refractivity contribution in [2.75, 3.05) is 0 Å². The number of amides is 1. The van der Waals surface area contributed by atoms with Gasteiger partial charge in [-0.1, -0.05) is 60.7 Å². The Labute approximate surface area is 119 Å². The first-order valence-corrected chi connectivity index (χ1v) is 7.19. The van der Waals surface area contributed by atoms with Crippen LogP contribution in [0.1, 0.15) is 30.4 Å². The van der Waals surface area contributed by atoms with Gasteiger partial charge in [0.15, 0.2) is 0 Å². The van der Waals surface area contributed by atoms with Crippen molar-refractivity contribution in [3.05, 3.63) is 71.8 Å². The van der Waals surface area contributed by atoms with Crippen molar-refractivity contribution in [2.45, 2.75) is 31.2 Å². The molecule has 102 valence electrons. The maximum atomic E-state index is 11.9.